The largest absolute Gasteiger partial charge is 0.497 e. The van der Waals surface area contributed by atoms with Crippen LogP contribution in [0.4, 0.5) is 0 Å². The minimum Gasteiger partial charge on any atom is -0.497 e. The Bertz CT molecular complexity index is 515. The minimum atomic E-state index is -0.377. The van der Waals surface area contributed by atoms with Crippen molar-refractivity contribution >= 4 is 5.91 Å². The third-order valence-electron chi connectivity index (χ3n) is 2.90. The van der Waals surface area contributed by atoms with E-state index in [1.807, 2.05) is 30.3 Å². The van der Waals surface area contributed by atoms with Crippen molar-refractivity contribution in [2.45, 2.75) is 26.3 Å². The maximum absolute atomic E-state index is 11.9. The van der Waals surface area contributed by atoms with Gasteiger partial charge in [-0.1, -0.05) is 25.5 Å². The van der Waals surface area contributed by atoms with Crippen molar-refractivity contribution in [2.24, 2.45) is 0 Å². The molecule has 0 heterocycles. The number of nitriles is 1. The Kier molecular flexibility index (Phi) is 7.44. The van der Waals surface area contributed by atoms with Crippen molar-refractivity contribution in [3.05, 3.63) is 41.6 Å². The molecule has 2 N–H and O–H groups in total. The zero-order chi connectivity index (χ0) is 15.5. The maximum atomic E-state index is 11.9. The summed E-state index contributed by atoms with van der Waals surface area (Å²) in [5.74, 6) is 0.389. The summed E-state index contributed by atoms with van der Waals surface area (Å²) in [6.07, 6.45) is 3.54. The first-order chi connectivity index (χ1) is 10.2. The Hall–Kier alpha value is -2.48. The van der Waals surface area contributed by atoms with Gasteiger partial charge in [0, 0.05) is 19.3 Å². The summed E-state index contributed by atoms with van der Waals surface area (Å²) in [5, 5.41) is 14.7. The first-order valence-corrected chi connectivity index (χ1v) is 6.96. The van der Waals surface area contributed by atoms with E-state index in [0.717, 1.165) is 30.7 Å². The molecule has 5 heteroatoms. The van der Waals surface area contributed by atoms with E-state index in [1.54, 1.807) is 7.11 Å². The van der Waals surface area contributed by atoms with E-state index in [1.165, 1.54) is 6.20 Å². The molecule has 0 aliphatic rings. The fourth-order valence-electron chi connectivity index (χ4n) is 1.62. The molecule has 0 bridgehead atoms. The minimum absolute atomic E-state index is 0.0830. The predicted octanol–water partition coefficient (Wildman–Crippen LogP) is 2.11. The highest BCUT2D eigenvalue weighted by atomic mass is 16.5. The summed E-state index contributed by atoms with van der Waals surface area (Å²) in [4.78, 5) is 11.9. The molecule has 1 aromatic carbocycles. The summed E-state index contributed by atoms with van der Waals surface area (Å²) in [5.41, 5.74) is 1.03. The number of rotatable bonds is 8. The zero-order valence-corrected chi connectivity index (χ0v) is 12.5. The van der Waals surface area contributed by atoms with E-state index in [4.69, 9.17) is 10.00 Å². The van der Waals surface area contributed by atoms with Crippen molar-refractivity contribution in [1.82, 2.24) is 10.6 Å². The maximum Gasteiger partial charge on any atom is 0.263 e. The molecule has 0 aliphatic heterocycles. The Morgan fingerprint density at radius 3 is 2.67 bits per heavy atom. The van der Waals surface area contributed by atoms with Crippen LogP contribution in [0.3, 0.4) is 0 Å². The average Bonchev–Trinajstić information content (AvgIpc) is 2.53. The van der Waals surface area contributed by atoms with E-state index >= 15 is 0 Å². The molecular weight excluding hydrogens is 266 g/mol. The van der Waals surface area contributed by atoms with Crippen LogP contribution in [0.25, 0.3) is 0 Å². The van der Waals surface area contributed by atoms with Crippen LogP contribution >= 0.6 is 0 Å². The Morgan fingerprint density at radius 2 is 2.10 bits per heavy atom. The van der Waals surface area contributed by atoms with Gasteiger partial charge in [-0.15, -0.1) is 0 Å². The number of ether oxygens (including phenoxy) is 1. The molecule has 1 rings (SSSR count). The Labute approximate surface area is 125 Å². The van der Waals surface area contributed by atoms with Crippen molar-refractivity contribution in [2.75, 3.05) is 13.7 Å². The van der Waals surface area contributed by atoms with Crippen molar-refractivity contribution in [1.29, 1.82) is 5.26 Å². The lowest BCUT2D eigenvalue weighted by atomic mass is 10.2. The fourth-order valence-corrected chi connectivity index (χ4v) is 1.62. The number of hydrogen-bond donors (Lipinski definition) is 2. The van der Waals surface area contributed by atoms with Gasteiger partial charge in [0.15, 0.2) is 0 Å². The van der Waals surface area contributed by atoms with Gasteiger partial charge in [0.1, 0.15) is 17.4 Å². The molecule has 1 amide bonds. The quantitative estimate of drug-likeness (QED) is 0.436. The molecule has 1 aromatic rings. The van der Waals surface area contributed by atoms with Crippen LogP contribution in [-0.4, -0.2) is 19.6 Å². The molecule has 112 valence electrons. The highest BCUT2D eigenvalue weighted by Gasteiger charge is 2.08. The van der Waals surface area contributed by atoms with Crippen LogP contribution in [0.2, 0.25) is 0 Å². The van der Waals surface area contributed by atoms with Crippen LogP contribution in [-0.2, 0) is 11.3 Å². The van der Waals surface area contributed by atoms with Gasteiger partial charge in [-0.3, -0.25) is 4.79 Å². The summed E-state index contributed by atoms with van der Waals surface area (Å²) < 4.78 is 5.07. The molecule has 0 unspecified atom stereocenters. The number of methoxy groups -OCH3 is 1. The van der Waals surface area contributed by atoms with Crippen LogP contribution in [0.1, 0.15) is 25.3 Å². The normalized spacial score (nSPS) is 10.6. The van der Waals surface area contributed by atoms with Crippen molar-refractivity contribution in [3.63, 3.8) is 0 Å². The first-order valence-electron chi connectivity index (χ1n) is 6.96. The molecular formula is C16H21N3O2. The Morgan fingerprint density at radius 1 is 1.38 bits per heavy atom. The third-order valence-corrected chi connectivity index (χ3v) is 2.90. The highest BCUT2D eigenvalue weighted by molar-refractivity contribution is 5.97. The number of carbonyl (C=O) groups excluding carboxylic acids is 1. The van der Waals surface area contributed by atoms with Gasteiger partial charge in [-0.25, -0.2) is 0 Å². The monoisotopic (exact) mass is 287 g/mol. The van der Waals surface area contributed by atoms with Crippen molar-refractivity contribution in [3.8, 4) is 11.8 Å². The molecule has 0 radical (unpaired) electrons. The van der Waals surface area contributed by atoms with Crippen LogP contribution in [0.15, 0.2) is 36.0 Å². The lowest BCUT2D eigenvalue weighted by Gasteiger charge is -2.06. The van der Waals surface area contributed by atoms with Crippen molar-refractivity contribution < 1.29 is 9.53 Å². The second-order valence-corrected chi connectivity index (χ2v) is 4.51. The highest BCUT2D eigenvalue weighted by Crippen LogP contribution is 2.11. The SMILES string of the molecule is CCCCN/C=C(/C#N)C(=O)NCc1ccc(OC)cc1. The topological polar surface area (TPSA) is 74.2 Å². The van der Waals surface area contributed by atoms with Gasteiger partial charge in [-0.05, 0) is 24.1 Å². The molecule has 21 heavy (non-hydrogen) atoms. The molecule has 0 saturated carbocycles. The molecule has 0 saturated heterocycles. The molecule has 0 aromatic heterocycles. The van der Waals surface area contributed by atoms with E-state index in [9.17, 15) is 4.79 Å². The van der Waals surface area contributed by atoms with Gasteiger partial charge < -0.3 is 15.4 Å². The predicted molar refractivity (Wildman–Crippen MR) is 81.4 cm³/mol. The second kappa shape index (κ2) is 9.43. The first kappa shape index (κ1) is 16.6. The average molecular weight is 287 g/mol. The molecule has 5 nitrogen and oxygen atoms in total. The summed E-state index contributed by atoms with van der Waals surface area (Å²) >= 11 is 0. The number of hydrogen-bond acceptors (Lipinski definition) is 4. The number of benzene rings is 1. The molecule has 0 atom stereocenters. The second-order valence-electron chi connectivity index (χ2n) is 4.51. The van der Waals surface area contributed by atoms with E-state index in [-0.39, 0.29) is 11.5 Å². The lowest BCUT2D eigenvalue weighted by Crippen LogP contribution is -2.25. The van der Waals surface area contributed by atoms with E-state index in [2.05, 4.69) is 17.6 Å². The number of amides is 1. The standard InChI is InChI=1S/C16H21N3O2/c1-3-4-9-18-12-14(10-17)16(20)19-11-13-5-7-15(21-2)8-6-13/h5-8,12,18H,3-4,9,11H2,1-2H3,(H,19,20)/b14-12-. The molecule has 0 fully saturated rings. The van der Waals surface area contributed by atoms with Gasteiger partial charge in [-0.2, -0.15) is 5.26 Å². The van der Waals surface area contributed by atoms with Gasteiger partial charge in [0.25, 0.3) is 5.91 Å². The van der Waals surface area contributed by atoms with Gasteiger partial charge >= 0.3 is 0 Å². The number of carbonyl (C=O) groups is 1. The number of nitrogens with one attached hydrogen (secondary N) is 2. The number of unbranched alkanes of at least 4 members (excludes halogenated alkanes) is 1. The lowest BCUT2D eigenvalue weighted by molar-refractivity contribution is -0.117. The number of nitrogens with zero attached hydrogens (tertiary/aromatic N) is 1. The van der Waals surface area contributed by atoms with Gasteiger partial charge in [0.2, 0.25) is 0 Å². The van der Waals surface area contributed by atoms with E-state index < -0.39 is 0 Å². The summed E-state index contributed by atoms with van der Waals surface area (Å²) in [6, 6.07) is 9.30. The zero-order valence-electron chi connectivity index (χ0n) is 12.5. The fraction of sp³-hybridized carbons (Fsp3) is 0.375. The van der Waals surface area contributed by atoms with Crippen LogP contribution in [0.5, 0.6) is 5.75 Å². The van der Waals surface area contributed by atoms with Gasteiger partial charge in [0.05, 0.1) is 7.11 Å². The van der Waals surface area contributed by atoms with Crippen LogP contribution < -0.4 is 15.4 Å². The Balaban J connectivity index is 2.48. The smallest absolute Gasteiger partial charge is 0.263 e. The molecule has 0 spiro atoms. The summed E-state index contributed by atoms with van der Waals surface area (Å²) in [7, 11) is 1.60. The third kappa shape index (κ3) is 6.00. The molecule has 0 aliphatic carbocycles. The van der Waals surface area contributed by atoms with Crippen LogP contribution in [0, 0.1) is 11.3 Å². The summed E-state index contributed by atoms with van der Waals surface area (Å²) in [6.45, 7) is 3.21. The van der Waals surface area contributed by atoms with E-state index in [0.29, 0.717) is 6.54 Å².